The fourth-order valence-electron chi connectivity index (χ4n) is 2.70. The standard InChI is InChI=1S/C26H34N2O6/c1-5-28(25(30)34-26(2,3)4)23-11-8-21(9-12-23)6-7-22-10-13-24(27-20-22)33-19-18-32-17-16-31-15-14-29/h5-13,20,29H,1,14-19H2,2-4H3/b7-6+. The molecule has 0 aliphatic heterocycles. The number of aliphatic hydroxyl groups is 1. The SMILES string of the molecule is C=CN(C(=O)OC(C)(C)C)c1ccc(/C=C/c2ccc(OCCOCCOCCO)nc2)cc1. The zero-order chi connectivity index (χ0) is 24.8. The number of rotatable bonds is 13. The first-order valence-electron chi connectivity index (χ1n) is 11.1. The van der Waals surface area contributed by atoms with Crippen LogP contribution in [0.3, 0.4) is 0 Å². The number of amides is 1. The molecule has 1 heterocycles. The highest BCUT2D eigenvalue weighted by molar-refractivity contribution is 5.90. The highest BCUT2D eigenvalue weighted by Gasteiger charge is 2.21. The van der Waals surface area contributed by atoms with Gasteiger partial charge in [0.2, 0.25) is 5.88 Å². The zero-order valence-corrected chi connectivity index (χ0v) is 20.1. The number of anilines is 1. The molecule has 0 aliphatic rings. The van der Waals surface area contributed by atoms with Gasteiger partial charge in [0.15, 0.2) is 0 Å². The minimum Gasteiger partial charge on any atom is -0.475 e. The van der Waals surface area contributed by atoms with E-state index in [4.69, 9.17) is 24.1 Å². The molecule has 0 aliphatic carbocycles. The van der Waals surface area contributed by atoms with Gasteiger partial charge in [-0.3, -0.25) is 4.90 Å². The van der Waals surface area contributed by atoms with Gasteiger partial charge in [0.25, 0.3) is 0 Å². The molecule has 0 saturated carbocycles. The van der Waals surface area contributed by atoms with Crippen LogP contribution < -0.4 is 9.64 Å². The van der Waals surface area contributed by atoms with Crippen LogP contribution in [0.15, 0.2) is 55.4 Å². The van der Waals surface area contributed by atoms with Gasteiger partial charge >= 0.3 is 6.09 Å². The third-order valence-corrected chi connectivity index (χ3v) is 4.26. The first-order valence-corrected chi connectivity index (χ1v) is 11.1. The van der Waals surface area contributed by atoms with Crippen LogP contribution in [0, 0.1) is 0 Å². The van der Waals surface area contributed by atoms with Gasteiger partial charge < -0.3 is 24.1 Å². The minimum absolute atomic E-state index is 0.0105. The maximum absolute atomic E-state index is 12.3. The molecule has 184 valence electrons. The van der Waals surface area contributed by atoms with Crippen LogP contribution in [0.1, 0.15) is 31.9 Å². The summed E-state index contributed by atoms with van der Waals surface area (Å²) in [6.45, 7) is 11.2. The van der Waals surface area contributed by atoms with Crippen molar-refractivity contribution in [2.24, 2.45) is 0 Å². The van der Waals surface area contributed by atoms with E-state index in [9.17, 15) is 4.79 Å². The Bertz CT molecular complexity index is 904. The summed E-state index contributed by atoms with van der Waals surface area (Å²) in [4.78, 5) is 18.0. The number of benzene rings is 1. The van der Waals surface area contributed by atoms with Gasteiger partial charge in [-0.1, -0.05) is 30.9 Å². The van der Waals surface area contributed by atoms with E-state index in [2.05, 4.69) is 11.6 Å². The monoisotopic (exact) mass is 470 g/mol. The van der Waals surface area contributed by atoms with Gasteiger partial charge in [-0.25, -0.2) is 9.78 Å². The van der Waals surface area contributed by atoms with E-state index in [0.717, 1.165) is 11.1 Å². The molecule has 8 nitrogen and oxygen atoms in total. The number of nitrogens with zero attached hydrogens (tertiary/aromatic N) is 2. The number of pyridine rings is 1. The van der Waals surface area contributed by atoms with E-state index in [0.29, 0.717) is 44.6 Å². The van der Waals surface area contributed by atoms with Crippen molar-refractivity contribution in [2.45, 2.75) is 26.4 Å². The Morgan fingerprint density at radius 1 is 0.971 bits per heavy atom. The number of aromatic nitrogens is 1. The predicted octanol–water partition coefficient (Wildman–Crippen LogP) is 4.54. The summed E-state index contributed by atoms with van der Waals surface area (Å²) in [7, 11) is 0. The molecule has 0 unspecified atom stereocenters. The Hall–Kier alpha value is -3.20. The summed E-state index contributed by atoms with van der Waals surface area (Å²) >= 11 is 0. The predicted molar refractivity (Wildman–Crippen MR) is 133 cm³/mol. The van der Waals surface area contributed by atoms with Gasteiger partial charge in [-0.15, -0.1) is 0 Å². The molecule has 1 aromatic heterocycles. The van der Waals surface area contributed by atoms with Crippen molar-refractivity contribution < 1.29 is 28.8 Å². The lowest BCUT2D eigenvalue weighted by molar-refractivity contribution is 0.0243. The fraction of sp³-hybridized carbons (Fsp3) is 0.385. The average Bonchev–Trinajstić information content (AvgIpc) is 2.80. The molecule has 2 rings (SSSR count). The van der Waals surface area contributed by atoms with Crippen LogP contribution in [0.5, 0.6) is 5.88 Å². The van der Waals surface area contributed by atoms with Crippen LogP contribution in [-0.2, 0) is 14.2 Å². The van der Waals surface area contributed by atoms with Crippen molar-refractivity contribution in [3.63, 3.8) is 0 Å². The minimum atomic E-state index is -0.584. The summed E-state index contributed by atoms with van der Waals surface area (Å²) in [5, 5.41) is 8.61. The lowest BCUT2D eigenvalue weighted by atomic mass is 10.1. The second-order valence-corrected chi connectivity index (χ2v) is 8.18. The van der Waals surface area contributed by atoms with Gasteiger partial charge in [-0.2, -0.15) is 0 Å². The van der Waals surface area contributed by atoms with E-state index in [1.165, 1.54) is 11.1 Å². The van der Waals surface area contributed by atoms with Crippen molar-refractivity contribution in [1.82, 2.24) is 4.98 Å². The van der Waals surface area contributed by atoms with E-state index < -0.39 is 11.7 Å². The Kier molecular flexibility index (Phi) is 11.3. The van der Waals surface area contributed by atoms with Crippen LogP contribution in [0.4, 0.5) is 10.5 Å². The van der Waals surface area contributed by atoms with Gasteiger partial charge in [0.05, 0.1) is 38.7 Å². The molecule has 1 amide bonds. The maximum atomic E-state index is 12.3. The third-order valence-electron chi connectivity index (χ3n) is 4.26. The summed E-state index contributed by atoms with van der Waals surface area (Å²) in [6.07, 6.45) is 6.60. The molecule has 8 heteroatoms. The van der Waals surface area contributed by atoms with Crippen LogP contribution in [0.2, 0.25) is 0 Å². The lowest BCUT2D eigenvalue weighted by Gasteiger charge is -2.25. The third kappa shape index (κ3) is 10.2. The van der Waals surface area contributed by atoms with Crippen LogP contribution >= 0.6 is 0 Å². The van der Waals surface area contributed by atoms with Crippen molar-refractivity contribution in [3.05, 3.63) is 66.5 Å². The largest absolute Gasteiger partial charge is 0.475 e. The summed E-state index contributed by atoms with van der Waals surface area (Å²) in [5.74, 6) is 0.522. The number of aliphatic hydroxyl groups excluding tert-OH is 1. The smallest absolute Gasteiger partial charge is 0.418 e. The van der Waals surface area contributed by atoms with E-state index in [-0.39, 0.29) is 6.61 Å². The van der Waals surface area contributed by atoms with Crippen molar-refractivity contribution >= 4 is 23.9 Å². The lowest BCUT2D eigenvalue weighted by Crippen LogP contribution is -2.33. The molecule has 0 saturated heterocycles. The molecule has 2 aromatic rings. The molecule has 1 N–H and O–H groups in total. The quantitative estimate of drug-likeness (QED) is 0.430. The van der Waals surface area contributed by atoms with Gasteiger partial charge in [0.1, 0.15) is 12.2 Å². The topological polar surface area (TPSA) is 90.4 Å². The van der Waals surface area contributed by atoms with E-state index in [1.807, 2.05) is 63.3 Å². The molecular formula is C26H34N2O6. The van der Waals surface area contributed by atoms with E-state index >= 15 is 0 Å². The second kappa shape index (κ2) is 14.1. The summed E-state index contributed by atoms with van der Waals surface area (Å²) in [6, 6.07) is 11.2. The molecule has 34 heavy (non-hydrogen) atoms. The number of hydrogen-bond donors (Lipinski definition) is 1. The number of carbonyl (C=O) groups excluding carboxylic acids is 1. The van der Waals surface area contributed by atoms with Crippen molar-refractivity contribution in [1.29, 1.82) is 0 Å². The maximum Gasteiger partial charge on any atom is 0.418 e. The first kappa shape index (κ1) is 27.0. The van der Waals surface area contributed by atoms with E-state index in [1.54, 1.807) is 12.3 Å². The average molecular weight is 471 g/mol. The summed E-state index contributed by atoms with van der Waals surface area (Å²) < 4.78 is 21.4. The molecule has 0 radical (unpaired) electrons. The Morgan fingerprint density at radius 3 is 2.18 bits per heavy atom. The number of ether oxygens (including phenoxy) is 4. The first-order chi connectivity index (χ1) is 16.3. The Balaban J connectivity index is 1.81. The molecule has 0 bridgehead atoms. The summed E-state index contributed by atoms with van der Waals surface area (Å²) in [5.41, 5.74) is 1.98. The molecule has 0 spiro atoms. The molecule has 0 fully saturated rings. The molecule has 0 atom stereocenters. The van der Waals surface area contributed by atoms with Crippen LogP contribution in [0.25, 0.3) is 12.2 Å². The number of hydrogen-bond acceptors (Lipinski definition) is 7. The Labute approximate surface area is 201 Å². The molecular weight excluding hydrogens is 436 g/mol. The van der Waals surface area contributed by atoms with Crippen molar-refractivity contribution in [3.8, 4) is 5.88 Å². The normalized spacial score (nSPS) is 11.4. The van der Waals surface area contributed by atoms with Crippen LogP contribution in [-0.4, -0.2) is 61.4 Å². The Morgan fingerprint density at radius 2 is 1.59 bits per heavy atom. The molecule has 1 aromatic carbocycles. The fourth-order valence-corrected chi connectivity index (χ4v) is 2.70. The van der Waals surface area contributed by atoms with Gasteiger partial charge in [-0.05, 0) is 50.1 Å². The second-order valence-electron chi connectivity index (χ2n) is 8.18. The van der Waals surface area contributed by atoms with Crippen molar-refractivity contribution in [2.75, 3.05) is 44.5 Å². The van der Waals surface area contributed by atoms with Gasteiger partial charge in [0, 0.05) is 18.5 Å². The number of carbonyl (C=O) groups is 1. The highest BCUT2D eigenvalue weighted by Crippen LogP contribution is 2.20. The highest BCUT2D eigenvalue weighted by atomic mass is 16.6. The zero-order valence-electron chi connectivity index (χ0n) is 20.1.